The van der Waals surface area contributed by atoms with E-state index in [0.717, 1.165) is 11.4 Å². The van der Waals surface area contributed by atoms with Crippen LogP contribution in [0, 0.1) is 23.3 Å². The van der Waals surface area contributed by atoms with Crippen molar-refractivity contribution < 1.29 is 0 Å². The van der Waals surface area contributed by atoms with Gasteiger partial charge in [-0.25, -0.2) is 0 Å². The molecule has 0 aromatic heterocycles. The van der Waals surface area contributed by atoms with Crippen LogP contribution in [0.25, 0.3) is 11.6 Å². The third kappa shape index (κ3) is 3.36. The molecule has 0 spiro atoms. The molecular formula is C32H27Cl. The first kappa shape index (κ1) is 20.5. The van der Waals surface area contributed by atoms with Gasteiger partial charge >= 0.3 is 0 Å². The van der Waals surface area contributed by atoms with Crippen LogP contribution < -0.4 is 10.4 Å². The van der Waals surface area contributed by atoms with Crippen molar-refractivity contribution in [3.8, 4) is 0 Å². The molecule has 0 amide bonds. The predicted octanol–water partition coefficient (Wildman–Crippen LogP) is 6.64. The van der Waals surface area contributed by atoms with E-state index in [9.17, 15) is 0 Å². The van der Waals surface area contributed by atoms with Gasteiger partial charge in [0, 0.05) is 10.9 Å². The van der Waals surface area contributed by atoms with Crippen LogP contribution in [0.5, 0.6) is 0 Å². The van der Waals surface area contributed by atoms with Crippen molar-refractivity contribution in [3.05, 3.63) is 139 Å². The maximum absolute atomic E-state index is 6.25. The Labute approximate surface area is 200 Å². The van der Waals surface area contributed by atoms with Crippen molar-refractivity contribution in [2.45, 2.75) is 32.6 Å². The smallest absolute Gasteiger partial charge is 0.0406 e. The van der Waals surface area contributed by atoms with E-state index < -0.39 is 0 Å². The molecule has 0 bridgehead atoms. The number of hydrogen-bond acceptors (Lipinski definition) is 0. The third-order valence-corrected chi connectivity index (χ3v) is 7.79. The first-order valence-electron chi connectivity index (χ1n) is 11.9. The van der Waals surface area contributed by atoms with E-state index >= 15 is 0 Å². The van der Waals surface area contributed by atoms with Gasteiger partial charge in [-0.1, -0.05) is 97.4 Å². The molecule has 4 aromatic carbocycles. The van der Waals surface area contributed by atoms with E-state index in [1.807, 2.05) is 12.1 Å². The topological polar surface area (TPSA) is 0 Å². The van der Waals surface area contributed by atoms with Gasteiger partial charge in [-0.2, -0.15) is 0 Å². The summed E-state index contributed by atoms with van der Waals surface area (Å²) >= 11 is 6.25. The van der Waals surface area contributed by atoms with Crippen LogP contribution in [0.3, 0.4) is 0 Å². The minimum atomic E-state index is 0.230. The van der Waals surface area contributed by atoms with Gasteiger partial charge in [0.1, 0.15) is 0 Å². The van der Waals surface area contributed by atoms with Gasteiger partial charge in [0.25, 0.3) is 0 Å². The van der Waals surface area contributed by atoms with E-state index in [0.29, 0.717) is 5.92 Å². The lowest BCUT2D eigenvalue weighted by atomic mass is 9.75. The second-order valence-corrected chi connectivity index (χ2v) is 9.94. The maximum Gasteiger partial charge on any atom is 0.0406 e. The summed E-state index contributed by atoms with van der Waals surface area (Å²) in [4.78, 5) is 0. The van der Waals surface area contributed by atoms with Crippen molar-refractivity contribution in [1.82, 2.24) is 0 Å². The first-order chi connectivity index (χ1) is 16.1. The molecule has 2 aliphatic rings. The lowest BCUT2D eigenvalue weighted by Crippen LogP contribution is -2.28. The standard InChI is InChI=1S/C32H27Cl/c1-20-7-3-5-9-25(20)31-21(2)11-16-29-28(31)18-17-27-26-10-6-4-8-23(26)19-30(32(27)29)22-12-14-24(33)15-13-22/h3-10,12-15,17-19,21,30H,11,16H2,1-2H3. The molecule has 4 aromatic rings. The van der Waals surface area contributed by atoms with Crippen LogP contribution in [0.15, 0.2) is 84.9 Å². The summed E-state index contributed by atoms with van der Waals surface area (Å²) in [6.07, 6.45) is 4.75. The molecule has 0 saturated carbocycles. The van der Waals surface area contributed by atoms with Crippen LogP contribution in [0.4, 0.5) is 0 Å². The molecule has 0 radical (unpaired) electrons. The quantitative estimate of drug-likeness (QED) is 0.323. The second-order valence-electron chi connectivity index (χ2n) is 9.50. The summed E-state index contributed by atoms with van der Waals surface area (Å²) in [6.45, 7) is 4.63. The van der Waals surface area contributed by atoms with Crippen LogP contribution in [0.2, 0.25) is 5.02 Å². The summed E-state index contributed by atoms with van der Waals surface area (Å²) in [5, 5.41) is 6.27. The summed E-state index contributed by atoms with van der Waals surface area (Å²) in [6, 6.07) is 30.9. The number of aryl methyl sites for hydroxylation is 1. The van der Waals surface area contributed by atoms with E-state index in [1.54, 1.807) is 0 Å². The Balaban J connectivity index is 1.75. The summed E-state index contributed by atoms with van der Waals surface area (Å²) in [7, 11) is 0. The fourth-order valence-corrected chi connectivity index (χ4v) is 6.04. The van der Waals surface area contributed by atoms with E-state index in [2.05, 4.69) is 92.7 Å². The fourth-order valence-electron chi connectivity index (χ4n) is 5.92. The van der Waals surface area contributed by atoms with E-state index in [1.165, 1.54) is 60.7 Å². The van der Waals surface area contributed by atoms with Gasteiger partial charge in [0.05, 0.1) is 0 Å². The molecule has 33 heavy (non-hydrogen) atoms. The zero-order chi connectivity index (χ0) is 22.5. The highest BCUT2D eigenvalue weighted by molar-refractivity contribution is 6.30. The summed E-state index contributed by atoms with van der Waals surface area (Å²) in [5.41, 5.74) is 8.57. The van der Waals surface area contributed by atoms with Crippen LogP contribution in [-0.2, 0) is 6.42 Å². The zero-order valence-corrected chi connectivity index (χ0v) is 19.9. The van der Waals surface area contributed by atoms with Crippen molar-refractivity contribution in [3.63, 3.8) is 0 Å². The minimum absolute atomic E-state index is 0.230. The molecule has 6 rings (SSSR count). The predicted molar refractivity (Wildman–Crippen MR) is 139 cm³/mol. The normalized spacial score (nSPS) is 18.7. The molecule has 2 atom stereocenters. The molecule has 0 saturated heterocycles. The van der Waals surface area contributed by atoms with Crippen molar-refractivity contribution >= 4 is 23.3 Å². The Morgan fingerprint density at radius 3 is 2.30 bits per heavy atom. The van der Waals surface area contributed by atoms with Crippen molar-refractivity contribution in [2.75, 3.05) is 0 Å². The zero-order valence-electron chi connectivity index (χ0n) is 19.1. The molecule has 0 heterocycles. The van der Waals surface area contributed by atoms with Gasteiger partial charge in [-0.3, -0.25) is 0 Å². The molecular weight excluding hydrogens is 420 g/mol. The van der Waals surface area contributed by atoms with Gasteiger partial charge in [-0.05, 0) is 92.1 Å². The number of rotatable bonds is 2. The lowest BCUT2D eigenvalue weighted by molar-refractivity contribution is 0.637. The summed E-state index contributed by atoms with van der Waals surface area (Å²) in [5.74, 6) is 0.777. The van der Waals surface area contributed by atoms with E-state index in [-0.39, 0.29) is 5.92 Å². The first-order valence-corrected chi connectivity index (χ1v) is 12.3. The highest BCUT2D eigenvalue weighted by Crippen LogP contribution is 2.36. The molecule has 0 aliphatic heterocycles. The SMILES string of the molecule is Cc1ccccc1C1=c2ccc3c(c2CCC1C)C(c1ccc(Cl)cc1)C=c1ccccc1=3. The molecule has 2 unspecified atom stereocenters. The molecule has 0 fully saturated rings. The minimum Gasteiger partial charge on any atom is -0.0843 e. The number of hydrogen-bond donors (Lipinski definition) is 0. The largest absolute Gasteiger partial charge is 0.0843 e. The Hall–Kier alpha value is -3.09. The van der Waals surface area contributed by atoms with Crippen LogP contribution in [-0.4, -0.2) is 0 Å². The molecule has 2 aliphatic carbocycles. The Morgan fingerprint density at radius 1 is 0.758 bits per heavy atom. The number of halogens is 1. The highest BCUT2D eigenvalue weighted by atomic mass is 35.5. The molecule has 0 nitrogen and oxygen atoms in total. The molecule has 1 heteroatoms. The number of fused-ring (bicyclic) bond motifs is 4. The monoisotopic (exact) mass is 446 g/mol. The molecule has 162 valence electrons. The molecule has 0 N–H and O–H groups in total. The second kappa shape index (κ2) is 8.04. The van der Waals surface area contributed by atoms with Gasteiger partial charge in [-0.15, -0.1) is 0 Å². The van der Waals surface area contributed by atoms with Crippen molar-refractivity contribution in [1.29, 1.82) is 0 Å². The maximum atomic E-state index is 6.25. The number of benzene rings is 4. The Morgan fingerprint density at radius 2 is 1.48 bits per heavy atom. The lowest BCUT2D eigenvalue weighted by Gasteiger charge is -2.29. The average Bonchev–Trinajstić information content (AvgIpc) is 2.84. The fraction of sp³-hybridized carbons (Fsp3) is 0.188. The Bertz CT molecular complexity index is 1590. The van der Waals surface area contributed by atoms with Gasteiger partial charge in [0.15, 0.2) is 0 Å². The van der Waals surface area contributed by atoms with Gasteiger partial charge < -0.3 is 0 Å². The average molecular weight is 447 g/mol. The van der Waals surface area contributed by atoms with Gasteiger partial charge in [0.2, 0.25) is 0 Å². The summed E-state index contributed by atoms with van der Waals surface area (Å²) < 4.78 is 0. The van der Waals surface area contributed by atoms with Crippen molar-refractivity contribution in [2.24, 2.45) is 5.92 Å². The third-order valence-electron chi connectivity index (χ3n) is 7.54. The van der Waals surface area contributed by atoms with E-state index in [4.69, 9.17) is 11.6 Å². The van der Waals surface area contributed by atoms with Crippen LogP contribution in [0.1, 0.15) is 47.1 Å². The highest BCUT2D eigenvalue weighted by Gasteiger charge is 2.26. The van der Waals surface area contributed by atoms with Crippen LogP contribution >= 0.6 is 11.6 Å². The Kier molecular flexibility index (Phi) is 5.00.